The predicted octanol–water partition coefficient (Wildman–Crippen LogP) is 3.63. The molecule has 0 aliphatic rings. The van der Waals surface area contributed by atoms with E-state index in [1.54, 1.807) is 18.2 Å². The highest BCUT2D eigenvalue weighted by Crippen LogP contribution is 2.28. The summed E-state index contributed by atoms with van der Waals surface area (Å²) < 4.78 is 29.8. The average molecular weight is 290 g/mol. The van der Waals surface area contributed by atoms with Crippen LogP contribution in [-0.4, -0.2) is 8.42 Å². The summed E-state index contributed by atoms with van der Waals surface area (Å²) in [5.41, 5.74) is 2.84. The maximum atomic E-state index is 12.2. The average Bonchev–Trinajstić information content (AvgIpc) is 2.43. The smallest absolute Gasteiger partial charge is 0.339 e. The van der Waals surface area contributed by atoms with Crippen molar-refractivity contribution in [1.82, 2.24) is 0 Å². The van der Waals surface area contributed by atoms with Crippen LogP contribution in [0.4, 0.5) is 0 Å². The van der Waals surface area contributed by atoms with Crippen molar-refractivity contribution < 1.29 is 12.6 Å². The summed E-state index contributed by atoms with van der Waals surface area (Å²) in [6, 6.07) is 12.1. The van der Waals surface area contributed by atoms with Crippen LogP contribution in [0.3, 0.4) is 0 Å². The summed E-state index contributed by atoms with van der Waals surface area (Å²) in [5.74, 6) is 0.422. The topological polar surface area (TPSA) is 43.4 Å². The van der Waals surface area contributed by atoms with Crippen molar-refractivity contribution in [3.05, 3.63) is 59.2 Å². The van der Waals surface area contributed by atoms with Crippen molar-refractivity contribution in [1.29, 1.82) is 0 Å². The Labute approximate surface area is 120 Å². The summed E-state index contributed by atoms with van der Waals surface area (Å²) >= 11 is 0. The van der Waals surface area contributed by atoms with Gasteiger partial charge in [-0.15, -0.1) is 0 Å². The van der Waals surface area contributed by atoms with E-state index in [2.05, 4.69) is 6.92 Å². The highest BCUT2D eigenvalue weighted by Gasteiger charge is 2.18. The lowest BCUT2D eigenvalue weighted by Crippen LogP contribution is -2.11. The highest BCUT2D eigenvalue weighted by atomic mass is 32.2. The third-order valence-electron chi connectivity index (χ3n) is 3.15. The number of hydrogen-bond donors (Lipinski definition) is 0. The monoisotopic (exact) mass is 290 g/mol. The number of hydrogen-bond acceptors (Lipinski definition) is 3. The molecule has 0 radical (unpaired) electrons. The Kier molecular flexibility index (Phi) is 4.14. The van der Waals surface area contributed by atoms with Crippen LogP contribution in [0.5, 0.6) is 5.75 Å². The van der Waals surface area contributed by atoms with Crippen LogP contribution in [0.25, 0.3) is 0 Å². The fourth-order valence-electron chi connectivity index (χ4n) is 2.12. The van der Waals surface area contributed by atoms with Crippen LogP contribution in [0, 0.1) is 13.8 Å². The standard InChI is InChI=1S/C16H18O3S/c1-4-14-10-12(2)16(13(3)11-14)19-20(17,18)15-8-6-5-7-9-15/h5-11H,4H2,1-3H3. The molecule has 0 aliphatic carbocycles. The Morgan fingerprint density at radius 1 is 1.00 bits per heavy atom. The molecule has 0 atom stereocenters. The van der Waals surface area contributed by atoms with Crippen molar-refractivity contribution in [3.63, 3.8) is 0 Å². The van der Waals surface area contributed by atoms with Crippen LogP contribution >= 0.6 is 0 Å². The van der Waals surface area contributed by atoms with Crippen molar-refractivity contribution in [2.24, 2.45) is 0 Å². The van der Waals surface area contributed by atoms with E-state index in [1.807, 2.05) is 26.0 Å². The number of aryl methyl sites for hydroxylation is 3. The van der Waals surface area contributed by atoms with Crippen LogP contribution < -0.4 is 4.18 Å². The first-order valence-electron chi connectivity index (χ1n) is 6.53. The molecule has 3 nitrogen and oxygen atoms in total. The second-order valence-corrected chi connectivity index (χ2v) is 6.31. The minimum absolute atomic E-state index is 0.165. The Morgan fingerprint density at radius 3 is 2.05 bits per heavy atom. The zero-order valence-electron chi connectivity index (χ0n) is 11.9. The third-order valence-corrected chi connectivity index (χ3v) is 4.39. The fourth-order valence-corrected chi connectivity index (χ4v) is 3.19. The second-order valence-electron chi connectivity index (χ2n) is 4.76. The maximum absolute atomic E-state index is 12.2. The van der Waals surface area contributed by atoms with Gasteiger partial charge in [-0.2, -0.15) is 8.42 Å². The van der Waals surface area contributed by atoms with Gasteiger partial charge in [0.2, 0.25) is 0 Å². The predicted molar refractivity (Wildman–Crippen MR) is 79.5 cm³/mol. The van der Waals surface area contributed by atoms with Crippen molar-refractivity contribution in [2.75, 3.05) is 0 Å². The summed E-state index contributed by atoms with van der Waals surface area (Å²) in [4.78, 5) is 0.165. The minimum Gasteiger partial charge on any atom is -0.378 e. The quantitative estimate of drug-likeness (QED) is 0.808. The molecule has 0 bridgehead atoms. The Morgan fingerprint density at radius 2 is 1.55 bits per heavy atom. The van der Waals surface area contributed by atoms with E-state index >= 15 is 0 Å². The zero-order valence-corrected chi connectivity index (χ0v) is 12.7. The maximum Gasteiger partial charge on any atom is 0.339 e. The van der Waals surface area contributed by atoms with Gasteiger partial charge in [0.05, 0.1) is 0 Å². The molecular formula is C16H18O3S. The molecule has 0 aliphatic heterocycles. The Bertz CT molecular complexity index is 681. The first-order chi connectivity index (χ1) is 9.44. The highest BCUT2D eigenvalue weighted by molar-refractivity contribution is 7.87. The van der Waals surface area contributed by atoms with Crippen LogP contribution in [0.15, 0.2) is 47.4 Å². The molecule has 4 heteroatoms. The number of rotatable bonds is 4. The zero-order chi connectivity index (χ0) is 14.8. The van der Waals surface area contributed by atoms with Gasteiger partial charge in [-0.05, 0) is 49.1 Å². The molecule has 0 fully saturated rings. The second kappa shape index (κ2) is 5.67. The van der Waals surface area contributed by atoms with E-state index in [-0.39, 0.29) is 4.90 Å². The number of benzene rings is 2. The van der Waals surface area contributed by atoms with Gasteiger partial charge in [-0.3, -0.25) is 0 Å². The van der Waals surface area contributed by atoms with Crippen LogP contribution in [-0.2, 0) is 16.5 Å². The van der Waals surface area contributed by atoms with Crippen LogP contribution in [0.1, 0.15) is 23.6 Å². The van der Waals surface area contributed by atoms with Gasteiger partial charge in [0.1, 0.15) is 10.6 Å². The third kappa shape index (κ3) is 3.02. The van der Waals surface area contributed by atoms with Gasteiger partial charge in [0.15, 0.2) is 0 Å². The van der Waals surface area contributed by atoms with Crippen LogP contribution in [0.2, 0.25) is 0 Å². The molecular weight excluding hydrogens is 272 g/mol. The Hall–Kier alpha value is -1.81. The first kappa shape index (κ1) is 14.6. The van der Waals surface area contributed by atoms with Crippen molar-refractivity contribution in [2.45, 2.75) is 32.1 Å². The van der Waals surface area contributed by atoms with E-state index in [0.29, 0.717) is 5.75 Å². The molecule has 0 saturated heterocycles. The lowest BCUT2D eigenvalue weighted by molar-refractivity contribution is 0.482. The van der Waals surface area contributed by atoms with Gasteiger partial charge in [-0.25, -0.2) is 0 Å². The first-order valence-corrected chi connectivity index (χ1v) is 7.94. The van der Waals surface area contributed by atoms with Gasteiger partial charge < -0.3 is 4.18 Å². The van der Waals surface area contributed by atoms with E-state index in [4.69, 9.17) is 4.18 Å². The lowest BCUT2D eigenvalue weighted by atomic mass is 10.0. The SMILES string of the molecule is CCc1cc(C)c(OS(=O)(=O)c2ccccc2)c(C)c1. The minimum atomic E-state index is -3.78. The molecule has 0 heterocycles. The van der Waals surface area contributed by atoms with E-state index in [9.17, 15) is 8.42 Å². The lowest BCUT2D eigenvalue weighted by Gasteiger charge is -2.13. The molecule has 0 N–H and O–H groups in total. The molecule has 106 valence electrons. The molecule has 0 spiro atoms. The largest absolute Gasteiger partial charge is 0.378 e. The van der Waals surface area contributed by atoms with E-state index in [1.165, 1.54) is 17.7 Å². The molecule has 2 aromatic rings. The van der Waals surface area contributed by atoms with Gasteiger partial charge in [0.25, 0.3) is 0 Å². The summed E-state index contributed by atoms with van der Waals surface area (Å²) in [7, 11) is -3.78. The summed E-state index contributed by atoms with van der Waals surface area (Å²) in [6.45, 7) is 5.79. The van der Waals surface area contributed by atoms with E-state index in [0.717, 1.165) is 17.5 Å². The fraction of sp³-hybridized carbons (Fsp3) is 0.250. The Balaban J connectivity index is 2.40. The molecule has 2 rings (SSSR count). The molecule has 2 aromatic carbocycles. The summed E-state index contributed by atoms with van der Waals surface area (Å²) in [6.07, 6.45) is 0.910. The molecule has 20 heavy (non-hydrogen) atoms. The van der Waals surface area contributed by atoms with Gasteiger partial charge in [-0.1, -0.05) is 37.3 Å². The molecule has 0 unspecified atom stereocenters. The molecule has 0 amide bonds. The molecule has 0 saturated carbocycles. The van der Waals surface area contributed by atoms with E-state index < -0.39 is 10.1 Å². The van der Waals surface area contributed by atoms with Gasteiger partial charge >= 0.3 is 10.1 Å². The normalized spacial score (nSPS) is 11.3. The van der Waals surface area contributed by atoms with Crippen molar-refractivity contribution >= 4 is 10.1 Å². The van der Waals surface area contributed by atoms with Gasteiger partial charge in [0, 0.05) is 0 Å². The summed E-state index contributed by atoms with van der Waals surface area (Å²) in [5, 5.41) is 0. The van der Waals surface area contributed by atoms with Crippen molar-refractivity contribution in [3.8, 4) is 5.75 Å². The molecule has 0 aromatic heterocycles.